The SMILES string of the molecule is CC(C)C(=O)N1CCC(Oc2ccc(Br)cc2[C@H]2NC(=O)C[C@@H](c3cccc(Cl)c3)C23C(=O)Nc2cc(Cl)ccc23)CC1. The third-order valence-corrected chi connectivity index (χ3v) is 9.79. The first-order valence-corrected chi connectivity index (χ1v) is 16.0. The van der Waals surface area contributed by atoms with Gasteiger partial charge in [-0.15, -0.1) is 0 Å². The van der Waals surface area contributed by atoms with E-state index in [0.29, 0.717) is 53.0 Å². The summed E-state index contributed by atoms with van der Waals surface area (Å²) in [6.45, 7) is 5.06. The molecular weight excluding hydrogens is 653 g/mol. The Morgan fingerprint density at radius 1 is 1.02 bits per heavy atom. The lowest BCUT2D eigenvalue weighted by Crippen LogP contribution is -2.57. The highest BCUT2D eigenvalue weighted by Gasteiger charge is 2.61. The maximum absolute atomic E-state index is 14.4. The van der Waals surface area contributed by atoms with Gasteiger partial charge in [0.15, 0.2) is 0 Å². The molecule has 0 aliphatic carbocycles. The van der Waals surface area contributed by atoms with Gasteiger partial charge in [-0.1, -0.05) is 71.2 Å². The summed E-state index contributed by atoms with van der Waals surface area (Å²) in [5.74, 6) is -0.251. The van der Waals surface area contributed by atoms with Crippen LogP contribution < -0.4 is 15.4 Å². The van der Waals surface area contributed by atoms with E-state index in [0.717, 1.165) is 15.6 Å². The molecule has 3 aliphatic rings. The number of fused-ring (bicyclic) bond motifs is 2. The van der Waals surface area contributed by atoms with Crippen LogP contribution in [-0.4, -0.2) is 41.8 Å². The summed E-state index contributed by atoms with van der Waals surface area (Å²) >= 11 is 16.4. The second-order valence-electron chi connectivity index (χ2n) is 11.8. The van der Waals surface area contributed by atoms with Crippen LogP contribution >= 0.6 is 39.1 Å². The molecule has 224 valence electrons. The van der Waals surface area contributed by atoms with Gasteiger partial charge in [-0.05, 0) is 53.6 Å². The summed E-state index contributed by atoms with van der Waals surface area (Å²) in [7, 11) is 0. The number of amides is 3. The van der Waals surface area contributed by atoms with Crippen molar-refractivity contribution in [2.75, 3.05) is 18.4 Å². The minimum absolute atomic E-state index is 0.0515. The predicted molar refractivity (Wildman–Crippen MR) is 171 cm³/mol. The van der Waals surface area contributed by atoms with Gasteiger partial charge in [0.05, 0.1) is 6.04 Å². The van der Waals surface area contributed by atoms with Crippen LogP contribution in [0.15, 0.2) is 65.1 Å². The Labute approximate surface area is 269 Å². The predicted octanol–water partition coefficient (Wildman–Crippen LogP) is 7.02. The highest BCUT2D eigenvalue weighted by molar-refractivity contribution is 9.10. The minimum atomic E-state index is -1.22. The van der Waals surface area contributed by atoms with E-state index in [1.807, 2.05) is 61.2 Å². The lowest BCUT2D eigenvalue weighted by Gasteiger charge is -2.47. The molecule has 0 radical (unpaired) electrons. The summed E-state index contributed by atoms with van der Waals surface area (Å²) in [5.41, 5.74) is 1.64. The molecule has 1 spiro atoms. The Hall–Kier alpha value is -3.07. The topological polar surface area (TPSA) is 87.7 Å². The molecule has 3 aliphatic heterocycles. The molecule has 0 aromatic heterocycles. The fraction of sp³-hybridized carbons (Fsp3) is 0.364. The summed E-state index contributed by atoms with van der Waals surface area (Å²) in [6, 6.07) is 17.7. The average Bonchev–Trinajstić information content (AvgIpc) is 3.25. The van der Waals surface area contributed by atoms with Crippen LogP contribution in [0.2, 0.25) is 10.0 Å². The molecule has 43 heavy (non-hydrogen) atoms. The normalized spacial score (nSPS) is 23.7. The van der Waals surface area contributed by atoms with Gasteiger partial charge >= 0.3 is 0 Å². The van der Waals surface area contributed by atoms with Crippen LogP contribution in [0.3, 0.4) is 0 Å². The number of hydrogen-bond donors (Lipinski definition) is 2. The summed E-state index contributed by atoms with van der Waals surface area (Å²) < 4.78 is 7.43. The van der Waals surface area contributed by atoms with Crippen molar-refractivity contribution >= 4 is 62.5 Å². The molecule has 3 heterocycles. The molecule has 0 saturated carbocycles. The Bertz CT molecular complexity index is 1610. The van der Waals surface area contributed by atoms with Crippen LogP contribution in [0, 0.1) is 5.92 Å². The number of piperidine rings is 2. The fourth-order valence-corrected chi connectivity index (χ4v) is 7.61. The van der Waals surface area contributed by atoms with E-state index in [9.17, 15) is 14.4 Å². The van der Waals surface area contributed by atoms with Crippen LogP contribution in [0.25, 0.3) is 0 Å². The molecule has 3 aromatic carbocycles. The summed E-state index contributed by atoms with van der Waals surface area (Å²) in [5, 5.41) is 7.28. The minimum Gasteiger partial charge on any atom is -0.490 e. The molecule has 3 aromatic rings. The number of ether oxygens (including phenoxy) is 1. The van der Waals surface area contributed by atoms with Gasteiger partial charge in [0.2, 0.25) is 17.7 Å². The highest BCUT2D eigenvalue weighted by Crippen LogP contribution is 2.58. The van der Waals surface area contributed by atoms with E-state index in [-0.39, 0.29) is 36.2 Å². The zero-order valence-corrected chi connectivity index (χ0v) is 26.9. The van der Waals surface area contributed by atoms with Crippen molar-refractivity contribution in [3.8, 4) is 5.75 Å². The van der Waals surface area contributed by atoms with Crippen molar-refractivity contribution in [3.05, 3.63) is 91.9 Å². The molecule has 6 rings (SSSR count). The number of nitrogens with one attached hydrogen (secondary N) is 2. The second-order valence-corrected chi connectivity index (χ2v) is 13.6. The van der Waals surface area contributed by atoms with E-state index in [1.54, 1.807) is 18.2 Å². The van der Waals surface area contributed by atoms with Gasteiger partial charge < -0.3 is 20.3 Å². The van der Waals surface area contributed by atoms with E-state index in [1.165, 1.54) is 0 Å². The first-order chi connectivity index (χ1) is 20.6. The summed E-state index contributed by atoms with van der Waals surface area (Å²) in [4.78, 5) is 42.3. The third-order valence-electron chi connectivity index (χ3n) is 8.83. The number of halogens is 3. The number of nitrogens with zero attached hydrogens (tertiary/aromatic N) is 1. The Morgan fingerprint density at radius 2 is 1.77 bits per heavy atom. The highest BCUT2D eigenvalue weighted by atomic mass is 79.9. The number of carbonyl (C=O) groups excluding carboxylic acids is 3. The molecule has 3 atom stereocenters. The van der Waals surface area contributed by atoms with Crippen LogP contribution in [0.5, 0.6) is 5.75 Å². The molecule has 1 unspecified atom stereocenters. The average molecular weight is 685 g/mol. The number of rotatable bonds is 5. The van der Waals surface area contributed by atoms with Crippen LogP contribution in [0.4, 0.5) is 5.69 Å². The Morgan fingerprint density at radius 3 is 2.49 bits per heavy atom. The van der Waals surface area contributed by atoms with E-state index in [2.05, 4.69) is 26.6 Å². The monoisotopic (exact) mass is 683 g/mol. The number of carbonyl (C=O) groups is 3. The third kappa shape index (κ3) is 5.42. The van der Waals surface area contributed by atoms with Gasteiger partial charge in [-0.2, -0.15) is 0 Å². The molecule has 3 amide bonds. The number of likely N-dealkylation sites (tertiary alicyclic amines) is 1. The van der Waals surface area contributed by atoms with Gasteiger partial charge in [0.25, 0.3) is 0 Å². The number of hydrogen-bond acceptors (Lipinski definition) is 4. The maximum atomic E-state index is 14.4. The van der Waals surface area contributed by atoms with Gasteiger partial charge in [-0.3, -0.25) is 14.4 Å². The van der Waals surface area contributed by atoms with E-state index >= 15 is 0 Å². The number of anilines is 1. The van der Waals surface area contributed by atoms with Crippen molar-refractivity contribution in [2.24, 2.45) is 5.92 Å². The van der Waals surface area contributed by atoms with Gasteiger partial charge in [-0.25, -0.2) is 0 Å². The zero-order valence-electron chi connectivity index (χ0n) is 23.8. The van der Waals surface area contributed by atoms with Crippen molar-refractivity contribution in [2.45, 2.75) is 56.6 Å². The first kappa shape index (κ1) is 30.0. The Kier molecular flexibility index (Phi) is 8.22. The van der Waals surface area contributed by atoms with Crippen molar-refractivity contribution in [3.63, 3.8) is 0 Å². The molecular formula is C33H32BrCl2N3O4. The Balaban J connectivity index is 1.45. The smallest absolute Gasteiger partial charge is 0.238 e. The van der Waals surface area contributed by atoms with Crippen molar-refractivity contribution in [1.29, 1.82) is 0 Å². The van der Waals surface area contributed by atoms with E-state index < -0.39 is 17.4 Å². The fourth-order valence-electron chi connectivity index (χ4n) is 6.86. The van der Waals surface area contributed by atoms with E-state index in [4.69, 9.17) is 27.9 Å². The second kappa shape index (κ2) is 11.8. The number of benzene rings is 3. The summed E-state index contributed by atoms with van der Waals surface area (Å²) in [6.07, 6.45) is 1.34. The molecule has 0 bridgehead atoms. The van der Waals surface area contributed by atoms with Gasteiger partial charge in [0, 0.05) is 70.0 Å². The lowest BCUT2D eigenvalue weighted by molar-refractivity contribution is -0.136. The maximum Gasteiger partial charge on any atom is 0.238 e. The van der Waals surface area contributed by atoms with Crippen molar-refractivity contribution in [1.82, 2.24) is 10.2 Å². The molecule has 2 saturated heterocycles. The lowest BCUT2D eigenvalue weighted by atomic mass is 9.59. The molecule has 2 N–H and O–H groups in total. The molecule has 2 fully saturated rings. The molecule has 10 heteroatoms. The van der Waals surface area contributed by atoms with Crippen LogP contribution in [-0.2, 0) is 19.8 Å². The quantitative estimate of drug-likeness (QED) is 0.303. The largest absolute Gasteiger partial charge is 0.490 e. The van der Waals surface area contributed by atoms with Crippen molar-refractivity contribution < 1.29 is 19.1 Å². The van der Waals surface area contributed by atoms with Crippen LogP contribution in [0.1, 0.15) is 61.8 Å². The first-order valence-electron chi connectivity index (χ1n) is 14.5. The standard InChI is InChI=1S/C33H32BrCl2N3O4/c1-18(2)31(41)39-12-10-23(11-13-39)43-28-9-6-20(34)15-24(28)30-33(25-8-7-22(36)16-27(25)37-32(33)42)26(17-29(40)38-30)19-4-3-5-21(35)14-19/h3-9,14-16,18,23,26,30H,10-13,17H2,1-2H3,(H,37,42)(H,38,40)/t26-,30+,33?/m0/s1. The zero-order chi connectivity index (χ0) is 30.5. The van der Waals surface area contributed by atoms with Gasteiger partial charge in [0.1, 0.15) is 17.3 Å². The molecule has 7 nitrogen and oxygen atoms in total.